The quantitative estimate of drug-likeness (QED) is 0.922. The van der Waals surface area contributed by atoms with Gasteiger partial charge in [-0.3, -0.25) is 0 Å². The summed E-state index contributed by atoms with van der Waals surface area (Å²) in [6.45, 7) is 5.24. The van der Waals surface area contributed by atoms with Crippen molar-refractivity contribution in [2.75, 3.05) is 6.61 Å². The molecule has 1 amide bonds. The first-order valence-electron chi connectivity index (χ1n) is 7.18. The summed E-state index contributed by atoms with van der Waals surface area (Å²) in [5, 5.41) is 11.3. The van der Waals surface area contributed by atoms with Crippen molar-refractivity contribution in [1.29, 1.82) is 5.26 Å². The van der Waals surface area contributed by atoms with E-state index in [9.17, 15) is 13.6 Å². The highest BCUT2D eigenvalue weighted by Crippen LogP contribution is 2.36. The minimum atomic E-state index is -1.24. The van der Waals surface area contributed by atoms with Gasteiger partial charge in [0, 0.05) is 0 Å². The molecule has 5 nitrogen and oxygen atoms in total. The fraction of sp³-hybridized carbons (Fsp3) is 0.500. The summed E-state index contributed by atoms with van der Waals surface area (Å²) in [5.41, 5.74) is -1.63. The van der Waals surface area contributed by atoms with Crippen molar-refractivity contribution in [2.45, 2.75) is 44.8 Å². The molecule has 124 valence electrons. The molecule has 2 rings (SSSR count). The number of hydrogen-bond donors (Lipinski definition) is 1. The third-order valence-electron chi connectivity index (χ3n) is 3.29. The minimum Gasteiger partial charge on any atom is -0.488 e. The second kappa shape index (κ2) is 6.03. The Morgan fingerprint density at radius 3 is 2.52 bits per heavy atom. The lowest BCUT2D eigenvalue weighted by Crippen LogP contribution is -2.44. The molecule has 1 saturated carbocycles. The number of alkyl carbamates (subject to hydrolysis) is 1. The van der Waals surface area contributed by atoms with Gasteiger partial charge in [0.25, 0.3) is 0 Å². The van der Waals surface area contributed by atoms with Crippen LogP contribution in [0.5, 0.6) is 5.75 Å². The monoisotopic (exact) mass is 324 g/mol. The van der Waals surface area contributed by atoms with Gasteiger partial charge in [-0.15, -0.1) is 0 Å². The highest BCUT2D eigenvalue weighted by atomic mass is 19.2. The Balaban J connectivity index is 1.97. The van der Waals surface area contributed by atoms with Gasteiger partial charge < -0.3 is 14.8 Å². The molecular weight excluding hydrogens is 306 g/mol. The molecule has 0 atom stereocenters. The Labute approximate surface area is 133 Å². The zero-order valence-corrected chi connectivity index (χ0v) is 13.2. The van der Waals surface area contributed by atoms with Crippen LogP contribution >= 0.6 is 0 Å². The number of ether oxygens (including phenoxy) is 2. The largest absolute Gasteiger partial charge is 0.488 e. The molecule has 1 aromatic carbocycles. The van der Waals surface area contributed by atoms with E-state index >= 15 is 0 Å². The van der Waals surface area contributed by atoms with E-state index in [1.54, 1.807) is 26.8 Å². The highest BCUT2D eigenvalue weighted by Gasteiger charge is 2.46. The number of nitrogens with one attached hydrogen (secondary N) is 1. The molecule has 7 heteroatoms. The standard InChI is InChI=1S/C16H18F2N2O3/c1-15(2,3)23-14(21)20-16(6-7-16)9-22-11-5-4-10(8-19)12(17)13(11)18/h4-5H,6-7,9H2,1-3H3,(H,20,21). The molecule has 23 heavy (non-hydrogen) atoms. The van der Waals surface area contributed by atoms with Crippen LogP contribution in [0, 0.1) is 23.0 Å². The maximum Gasteiger partial charge on any atom is 0.408 e. The highest BCUT2D eigenvalue weighted by molar-refractivity contribution is 5.69. The average molecular weight is 324 g/mol. The van der Waals surface area contributed by atoms with Crippen LogP contribution in [-0.2, 0) is 4.74 Å². The van der Waals surface area contributed by atoms with Crippen molar-refractivity contribution in [3.63, 3.8) is 0 Å². The molecule has 0 radical (unpaired) electrons. The zero-order chi connectivity index (χ0) is 17.3. The molecular formula is C16H18F2N2O3. The van der Waals surface area contributed by atoms with Crippen molar-refractivity contribution >= 4 is 6.09 Å². The van der Waals surface area contributed by atoms with E-state index < -0.39 is 28.9 Å². The predicted octanol–water partition coefficient (Wildman–Crippen LogP) is 3.27. The first kappa shape index (κ1) is 17.0. The van der Waals surface area contributed by atoms with Crippen LogP contribution in [0.2, 0.25) is 0 Å². The number of nitriles is 1. The third kappa shape index (κ3) is 4.31. The molecule has 0 unspecified atom stereocenters. The van der Waals surface area contributed by atoms with Crippen LogP contribution in [0.15, 0.2) is 12.1 Å². The summed E-state index contributed by atoms with van der Waals surface area (Å²) in [4.78, 5) is 11.8. The van der Waals surface area contributed by atoms with Gasteiger partial charge in [0.1, 0.15) is 18.3 Å². The van der Waals surface area contributed by atoms with E-state index in [0.29, 0.717) is 12.8 Å². The smallest absolute Gasteiger partial charge is 0.408 e. The summed E-state index contributed by atoms with van der Waals surface area (Å²) in [6, 6.07) is 3.89. The van der Waals surface area contributed by atoms with Crippen LogP contribution < -0.4 is 10.1 Å². The number of amides is 1. The summed E-state index contributed by atoms with van der Waals surface area (Å²) in [6.07, 6.45) is 0.740. The van der Waals surface area contributed by atoms with Crippen molar-refractivity contribution in [2.24, 2.45) is 0 Å². The molecule has 0 saturated heterocycles. The molecule has 0 heterocycles. The number of rotatable bonds is 4. The Hall–Kier alpha value is -2.36. The molecule has 1 fully saturated rings. The van der Waals surface area contributed by atoms with Gasteiger partial charge in [0.05, 0.1) is 11.1 Å². The van der Waals surface area contributed by atoms with Crippen LogP contribution in [0.1, 0.15) is 39.2 Å². The Kier molecular flexibility index (Phi) is 4.46. The number of halogens is 2. The number of hydrogen-bond acceptors (Lipinski definition) is 4. The second-order valence-electron chi connectivity index (χ2n) is 6.55. The van der Waals surface area contributed by atoms with Crippen LogP contribution in [0.25, 0.3) is 0 Å². The van der Waals surface area contributed by atoms with Crippen molar-refractivity contribution in [1.82, 2.24) is 5.32 Å². The lowest BCUT2D eigenvalue weighted by atomic mass is 10.2. The lowest BCUT2D eigenvalue weighted by Gasteiger charge is -2.23. The van der Waals surface area contributed by atoms with Gasteiger partial charge in [-0.05, 0) is 45.7 Å². The normalized spacial score (nSPS) is 15.5. The number of carbonyl (C=O) groups is 1. The van der Waals surface area contributed by atoms with Crippen LogP contribution in [-0.4, -0.2) is 23.8 Å². The van der Waals surface area contributed by atoms with E-state index in [-0.39, 0.29) is 17.9 Å². The molecule has 0 spiro atoms. The molecule has 0 aromatic heterocycles. The Morgan fingerprint density at radius 1 is 1.35 bits per heavy atom. The molecule has 1 aromatic rings. The van der Waals surface area contributed by atoms with E-state index in [2.05, 4.69) is 5.32 Å². The average Bonchev–Trinajstić information content (AvgIpc) is 3.18. The zero-order valence-electron chi connectivity index (χ0n) is 13.2. The summed E-state index contributed by atoms with van der Waals surface area (Å²) < 4.78 is 37.7. The molecule has 0 bridgehead atoms. The first-order chi connectivity index (χ1) is 10.7. The van der Waals surface area contributed by atoms with E-state index in [1.807, 2.05) is 0 Å². The van der Waals surface area contributed by atoms with Gasteiger partial charge >= 0.3 is 6.09 Å². The summed E-state index contributed by atoms with van der Waals surface area (Å²) in [7, 11) is 0. The van der Waals surface area contributed by atoms with E-state index in [4.69, 9.17) is 14.7 Å². The van der Waals surface area contributed by atoms with Gasteiger partial charge in [-0.25, -0.2) is 9.18 Å². The second-order valence-corrected chi connectivity index (χ2v) is 6.55. The maximum atomic E-state index is 13.8. The third-order valence-corrected chi connectivity index (χ3v) is 3.29. The fourth-order valence-electron chi connectivity index (χ4n) is 1.92. The van der Waals surface area contributed by atoms with Gasteiger partial charge in [-0.2, -0.15) is 9.65 Å². The summed E-state index contributed by atoms with van der Waals surface area (Å²) in [5.74, 6) is -2.74. The minimum absolute atomic E-state index is 0.00545. The van der Waals surface area contributed by atoms with Crippen molar-refractivity contribution < 1.29 is 23.0 Å². The predicted molar refractivity (Wildman–Crippen MR) is 77.9 cm³/mol. The van der Waals surface area contributed by atoms with E-state index in [1.165, 1.54) is 6.07 Å². The number of carbonyl (C=O) groups excluding carboxylic acids is 1. The fourth-order valence-corrected chi connectivity index (χ4v) is 1.92. The maximum absolute atomic E-state index is 13.8. The van der Waals surface area contributed by atoms with Crippen molar-refractivity contribution in [3.8, 4) is 11.8 Å². The molecule has 1 aliphatic carbocycles. The summed E-state index contributed by atoms with van der Waals surface area (Å²) >= 11 is 0. The number of benzene rings is 1. The molecule has 1 N–H and O–H groups in total. The SMILES string of the molecule is CC(C)(C)OC(=O)NC1(COc2ccc(C#N)c(F)c2F)CC1. The van der Waals surface area contributed by atoms with Gasteiger partial charge in [0.2, 0.25) is 5.82 Å². The molecule has 0 aliphatic heterocycles. The van der Waals surface area contributed by atoms with Crippen LogP contribution in [0.3, 0.4) is 0 Å². The number of nitrogens with zero attached hydrogens (tertiary/aromatic N) is 1. The Morgan fingerprint density at radius 2 is 2.00 bits per heavy atom. The van der Waals surface area contributed by atoms with E-state index in [0.717, 1.165) is 6.07 Å². The van der Waals surface area contributed by atoms with Crippen LogP contribution in [0.4, 0.5) is 13.6 Å². The van der Waals surface area contributed by atoms with Crippen molar-refractivity contribution in [3.05, 3.63) is 29.3 Å². The lowest BCUT2D eigenvalue weighted by molar-refractivity contribution is 0.0476. The first-order valence-corrected chi connectivity index (χ1v) is 7.18. The van der Waals surface area contributed by atoms with Gasteiger partial charge in [-0.1, -0.05) is 0 Å². The topological polar surface area (TPSA) is 71.3 Å². The Bertz CT molecular complexity index is 659. The molecule has 1 aliphatic rings. The van der Waals surface area contributed by atoms with Gasteiger partial charge in [0.15, 0.2) is 11.6 Å².